The number of aliphatic hydroxyl groups excluding tert-OH is 2. The number of ether oxygens (including phenoxy) is 3. The fourth-order valence-corrected chi connectivity index (χ4v) is 8.45. The van der Waals surface area contributed by atoms with E-state index in [4.69, 9.17) is 18.6 Å². The van der Waals surface area contributed by atoms with E-state index in [1.165, 1.54) is 0 Å². The smallest absolute Gasteiger partial charge is 0.345 e. The van der Waals surface area contributed by atoms with Crippen LogP contribution in [0.3, 0.4) is 0 Å². The largest absolute Gasteiger partial charge is 0.484 e. The topological polar surface area (TPSA) is 145 Å². The third-order valence-electron chi connectivity index (χ3n) is 11.2. The van der Waals surface area contributed by atoms with E-state index in [2.05, 4.69) is 11.9 Å². The maximum atomic E-state index is 13.4. The Hall–Kier alpha value is -3.24. The van der Waals surface area contributed by atoms with Crippen LogP contribution in [0.25, 0.3) is 11.3 Å². The highest BCUT2D eigenvalue weighted by atomic mass is 16.6. The lowest BCUT2D eigenvalue weighted by molar-refractivity contribution is -0.267. The highest BCUT2D eigenvalue weighted by Crippen LogP contribution is 2.67. The number of esters is 2. The molecule has 1 aliphatic heterocycles. The summed E-state index contributed by atoms with van der Waals surface area (Å²) < 4.78 is 24.2. The molecular formula is C33H39NO9. The standard InChI is InChI=1S/C33H39NO9/c1-31-11-10-24(42-29(38)18-8-9-18)32(2,16-40-28(37)17-6-7-17)22(31)14-23(35)33(3)27(31)26(36)25-21(43-33)13-20(41-30(25)39)19-5-4-12-34-15-19/h4-5,12-13,15,17-18,22-24,26-27,35-36H,6-11,14,16H2,1-3H3/t22-,23?,24?,26+,27-,31+,32+,33-/m1/s1. The molecule has 4 aliphatic carbocycles. The lowest BCUT2D eigenvalue weighted by Crippen LogP contribution is -2.71. The van der Waals surface area contributed by atoms with Gasteiger partial charge in [-0.1, -0.05) is 13.8 Å². The minimum atomic E-state index is -1.29. The first kappa shape index (κ1) is 28.5. The molecule has 0 saturated heterocycles. The van der Waals surface area contributed by atoms with Crippen molar-refractivity contribution in [1.29, 1.82) is 0 Å². The van der Waals surface area contributed by atoms with Gasteiger partial charge in [0.25, 0.3) is 0 Å². The van der Waals surface area contributed by atoms with Gasteiger partial charge in [-0.3, -0.25) is 14.6 Å². The van der Waals surface area contributed by atoms with Crippen molar-refractivity contribution < 1.29 is 38.4 Å². The molecule has 10 heteroatoms. The van der Waals surface area contributed by atoms with Crippen LogP contribution in [-0.4, -0.2) is 51.6 Å². The highest BCUT2D eigenvalue weighted by Gasteiger charge is 2.70. The van der Waals surface area contributed by atoms with Crippen molar-refractivity contribution in [1.82, 2.24) is 4.98 Å². The van der Waals surface area contributed by atoms with Crippen molar-refractivity contribution in [3.63, 3.8) is 0 Å². The summed E-state index contributed by atoms with van der Waals surface area (Å²) in [5, 5.41) is 23.8. The molecule has 5 aliphatic rings. The molecule has 0 radical (unpaired) electrons. The van der Waals surface area contributed by atoms with E-state index in [0.717, 1.165) is 25.7 Å². The lowest BCUT2D eigenvalue weighted by atomic mass is 9.42. The molecule has 0 aromatic carbocycles. The quantitative estimate of drug-likeness (QED) is 0.472. The third kappa shape index (κ3) is 4.51. The highest BCUT2D eigenvalue weighted by molar-refractivity contribution is 5.75. The average molecular weight is 594 g/mol. The first-order valence-electron chi connectivity index (χ1n) is 15.5. The molecule has 2 aromatic rings. The van der Waals surface area contributed by atoms with Gasteiger partial charge in [0.1, 0.15) is 35.4 Å². The zero-order valence-electron chi connectivity index (χ0n) is 24.8. The van der Waals surface area contributed by atoms with E-state index >= 15 is 0 Å². The molecule has 3 heterocycles. The van der Waals surface area contributed by atoms with Crippen LogP contribution in [0, 0.1) is 34.5 Å². The second-order valence-corrected chi connectivity index (χ2v) is 14.1. The fourth-order valence-electron chi connectivity index (χ4n) is 8.45. The van der Waals surface area contributed by atoms with E-state index in [9.17, 15) is 24.6 Å². The van der Waals surface area contributed by atoms with Crippen molar-refractivity contribution in [2.45, 2.75) is 89.6 Å². The van der Waals surface area contributed by atoms with Crippen LogP contribution in [0.1, 0.15) is 77.4 Å². The van der Waals surface area contributed by atoms with E-state index in [1.807, 2.05) is 6.92 Å². The molecule has 2 aromatic heterocycles. The van der Waals surface area contributed by atoms with Gasteiger partial charge in [0.05, 0.1) is 24.0 Å². The summed E-state index contributed by atoms with van der Waals surface area (Å²) in [5.74, 6) is -1.26. The number of carbonyl (C=O) groups excluding carboxylic acids is 2. The number of hydrogen-bond acceptors (Lipinski definition) is 10. The predicted octanol–water partition coefficient (Wildman–Crippen LogP) is 3.96. The molecular weight excluding hydrogens is 554 g/mol. The zero-order chi connectivity index (χ0) is 30.3. The Morgan fingerprint density at radius 1 is 1.07 bits per heavy atom. The molecule has 4 saturated carbocycles. The summed E-state index contributed by atoms with van der Waals surface area (Å²) in [7, 11) is 0. The Morgan fingerprint density at radius 2 is 1.79 bits per heavy atom. The molecule has 10 nitrogen and oxygen atoms in total. The summed E-state index contributed by atoms with van der Waals surface area (Å²) in [6, 6.07) is 5.06. The van der Waals surface area contributed by atoms with Crippen LogP contribution in [0.15, 0.2) is 39.8 Å². The summed E-state index contributed by atoms with van der Waals surface area (Å²) in [5.41, 5.74) is -2.85. The molecule has 43 heavy (non-hydrogen) atoms. The number of fused-ring (bicyclic) bond motifs is 4. The molecule has 8 atom stereocenters. The monoisotopic (exact) mass is 593 g/mol. The van der Waals surface area contributed by atoms with Crippen molar-refractivity contribution >= 4 is 11.9 Å². The van der Waals surface area contributed by atoms with Gasteiger partial charge in [0.2, 0.25) is 0 Å². The summed E-state index contributed by atoms with van der Waals surface area (Å²) in [6.07, 6.45) is 4.89. The molecule has 7 rings (SSSR count). The summed E-state index contributed by atoms with van der Waals surface area (Å²) in [6.45, 7) is 5.84. The second-order valence-electron chi connectivity index (χ2n) is 14.1. The molecule has 0 amide bonds. The van der Waals surface area contributed by atoms with Crippen molar-refractivity contribution in [2.24, 2.45) is 34.5 Å². The van der Waals surface area contributed by atoms with E-state index in [0.29, 0.717) is 18.4 Å². The van der Waals surface area contributed by atoms with Crippen LogP contribution in [0.2, 0.25) is 0 Å². The van der Waals surface area contributed by atoms with Gasteiger partial charge in [-0.25, -0.2) is 4.79 Å². The summed E-state index contributed by atoms with van der Waals surface area (Å²) in [4.78, 5) is 43.1. The number of hydrogen-bond donors (Lipinski definition) is 2. The zero-order valence-corrected chi connectivity index (χ0v) is 24.8. The number of aliphatic hydroxyl groups is 2. The van der Waals surface area contributed by atoms with Crippen LogP contribution in [0.5, 0.6) is 5.75 Å². The van der Waals surface area contributed by atoms with Crippen LogP contribution >= 0.6 is 0 Å². The Balaban J connectivity index is 1.27. The maximum Gasteiger partial charge on any atom is 0.345 e. The fraction of sp³-hybridized carbons (Fsp3) is 0.636. The van der Waals surface area contributed by atoms with Gasteiger partial charge in [-0.15, -0.1) is 0 Å². The number of aromatic nitrogens is 1. The summed E-state index contributed by atoms with van der Waals surface area (Å²) >= 11 is 0. The SMILES string of the molecule is C[C@]12CCC(OC(=O)C3CC3)[C@@](C)(COC(=O)C3CC3)[C@@H]1CC(O)[C@@]1(C)Oc3cc(-c4cccnc4)oc(=O)c3[C@H](O)[C@H]21. The van der Waals surface area contributed by atoms with Crippen molar-refractivity contribution in [3.8, 4) is 17.1 Å². The number of nitrogens with zero attached hydrogens (tertiary/aromatic N) is 1. The van der Waals surface area contributed by atoms with Gasteiger partial charge in [0.15, 0.2) is 0 Å². The normalized spacial score (nSPS) is 38.1. The van der Waals surface area contributed by atoms with Crippen molar-refractivity contribution in [2.75, 3.05) is 6.61 Å². The van der Waals surface area contributed by atoms with E-state index < -0.39 is 46.3 Å². The second kappa shape index (κ2) is 9.89. The number of pyridine rings is 1. The molecule has 2 unspecified atom stereocenters. The van der Waals surface area contributed by atoms with Crippen LogP contribution < -0.4 is 10.4 Å². The Kier molecular flexibility index (Phi) is 6.56. The van der Waals surface area contributed by atoms with Crippen LogP contribution in [-0.2, 0) is 19.1 Å². The predicted molar refractivity (Wildman–Crippen MR) is 152 cm³/mol. The molecule has 0 spiro atoms. The molecule has 230 valence electrons. The minimum absolute atomic E-state index is 0.0216. The lowest BCUT2D eigenvalue weighted by Gasteiger charge is -2.66. The van der Waals surface area contributed by atoms with Gasteiger partial charge in [-0.05, 0) is 75.3 Å². The first-order valence-corrected chi connectivity index (χ1v) is 15.5. The van der Waals surface area contributed by atoms with Crippen LogP contribution in [0.4, 0.5) is 0 Å². The molecule has 0 bridgehead atoms. The van der Waals surface area contributed by atoms with E-state index in [-0.39, 0.29) is 59.8 Å². The molecule has 2 N–H and O–H groups in total. The van der Waals surface area contributed by atoms with Crippen molar-refractivity contribution in [3.05, 3.63) is 46.6 Å². The number of carbonyl (C=O) groups is 2. The maximum absolute atomic E-state index is 13.4. The van der Waals surface area contributed by atoms with E-state index in [1.54, 1.807) is 37.5 Å². The Labute approximate surface area is 249 Å². The third-order valence-corrected chi connectivity index (χ3v) is 11.2. The number of rotatable bonds is 6. The Morgan fingerprint density at radius 3 is 2.47 bits per heavy atom. The van der Waals surface area contributed by atoms with Gasteiger partial charge in [0, 0.05) is 35.4 Å². The Bertz CT molecular complexity index is 1500. The van der Waals surface area contributed by atoms with Gasteiger partial charge in [-0.2, -0.15) is 0 Å². The minimum Gasteiger partial charge on any atom is -0.484 e. The average Bonchev–Trinajstić information content (AvgIpc) is 3.88. The van der Waals surface area contributed by atoms with Gasteiger partial charge < -0.3 is 28.8 Å². The van der Waals surface area contributed by atoms with Gasteiger partial charge >= 0.3 is 17.6 Å². The first-order chi connectivity index (χ1) is 20.5. The molecule has 4 fully saturated rings.